The topological polar surface area (TPSA) is 148 Å². The van der Waals surface area contributed by atoms with E-state index in [1.165, 1.54) is 19.2 Å². The van der Waals surface area contributed by atoms with E-state index in [0.29, 0.717) is 5.56 Å². The second-order valence-corrected chi connectivity index (χ2v) is 8.74. The number of hydrogen-bond acceptors (Lipinski definition) is 10. The molecule has 10 heteroatoms. The van der Waals surface area contributed by atoms with Gasteiger partial charge in [-0.15, -0.1) is 0 Å². The smallest absolute Gasteiger partial charge is 0.355 e. The van der Waals surface area contributed by atoms with E-state index in [1.807, 2.05) is 30.3 Å². The molecule has 0 saturated carbocycles. The Balaban J connectivity index is 2.01. The number of anilines is 1. The molecule has 1 unspecified atom stereocenters. The van der Waals surface area contributed by atoms with E-state index in [-0.39, 0.29) is 52.0 Å². The van der Waals surface area contributed by atoms with Crippen LogP contribution >= 0.6 is 0 Å². The molecule has 0 aromatic heterocycles. The number of nitriles is 2. The number of hydrogen-bond donors (Lipinski definition) is 1. The minimum Gasteiger partial charge on any atom is -0.493 e. The summed E-state index contributed by atoms with van der Waals surface area (Å²) in [4.78, 5) is 27.9. The molecule has 206 valence electrons. The van der Waals surface area contributed by atoms with E-state index in [9.17, 15) is 20.1 Å². The summed E-state index contributed by atoms with van der Waals surface area (Å²) in [6.07, 6.45) is 0. The number of esters is 2. The maximum absolute atomic E-state index is 13.4. The Kier molecular flexibility index (Phi) is 8.56. The summed E-state index contributed by atoms with van der Waals surface area (Å²) >= 11 is 0. The van der Waals surface area contributed by atoms with Crippen LogP contribution < -0.4 is 20.1 Å². The van der Waals surface area contributed by atoms with Crippen molar-refractivity contribution in [2.45, 2.75) is 12.5 Å². The first-order chi connectivity index (χ1) is 19.9. The van der Waals surface area contributed by atoms with Gasteiger partial charge in [0.15, 0.2) is 11.5 Å². The minimum absolute atomic E-state index is 0.0259. The van der Waals surface area contributed by atoms with E-state index >= 15 is 0 Å². The molecule has 1 aliphatic rings. The molecule has 1 aliphatic heterocycles. The highest BCUT2D eigenvalue weighted by molar-refractivity contribution is 6.06. The number of ether oxygens (including phenoxy) is 4. The van der Waals surface area contributed by atoms with Gasteiger partial charge in [0.05, 0.1) is 55.7 Å². The van der Waals surface area contributed by atoms with Gasteiger partial charge >= 0.3 is 11.9 Å². The largest absolute Gasteiger partial charge is 0.493 e. The molecular formula is C31H26N4O6. The lowest BCUT2D eigenvalue weighted by Gasteiger charge is -2.36. The van der Waals surface area contributed by atoms with Crippen LogP contribution in [-0.2, 0) is 25.7 Å². The van der Waals surface area contributed by atoms with Crippen molar-refractivity contribution in [3.8, 4) is 23.6 Å². The van der Waals surface area contributed by atoms with Crippen molar-refractivity contribution in [1.82, 2.24) is 0 Å². The molecule has 0 radical (unpaired) electrons. The molecule has 10 nitrogen and oxygen atoms in total. The molecule has 41 heavy (non-hydrogen) atoms. The number of allylic oxidation sites excluding steroid dienone is 1. The van der Waals surface area contributed by atoms with Gasteiger partial charge < -0.3 is 24.7 Å². The number of rotatable bonds is 8. The van der Waals surface area contributed by atoms with Crippen molar-refractivity contribution in [3.05, 3.63) is 112 Å². The lowest BCUT2D eigenvalue weighted by Crippen LogP contribution is -2.41. The number of nitrogens with zero attached hydrogens (tertiary/aromatic N) is 3. The lowest BCUT2D eigenvalue weighted by molar-refractivity contribution is -0.139. The highest BCUT2D eigenvalue weighted by Gasteiger charge is 2.43. The average Bonchev–Trinajstić information content (AvgIpc) is 3.02. The molecular weight excluding hydrogens is 524 g/mol. The zero-order chi connectivity index (χ0) is 29.5. The molecule has 0 bridgehead atoms. The molecule has 4 rings (SSSR count). The summed E-state index contributed by atoms with van der Waals surface area (Å²) in [6.45, 7) is 0.167. The van der Waals surface area contributed by atoms with Gasteiger partial charge in [-0.05, 0) is 11.1 Å². The highest BCUT2D eigenvalue weighted by atomic mass is 16.5. The second-order valence-electron chi connectivity index (χ2n) is 8.74. The summed E-state index contributed by atoms with van der Waals surface area (Å²) in [5.74, 6) is -2.55. The highest BCUT2D eigenvalue weighted by Crippen LogP contribution is 2.45. The average molecular weight is 551 g/mol. The summed E-state index contributed by atoms with van der Waals surface area (Å²) in [7, 11) is 3.73. The van der Waals surface area contributed by atoms with Crippen LogP contribution in [0.3, 0.4) is 0 Å². The molecule has 0 saturated heterocycles. The van der Waals surface area contributed by atoms with Crippen LogP contribution in [-0.4, -0.2) is 33.3 Å². The molecule has 3 aromatic carbocycles. The molecule has 0 fully saturated rings. The van der Waals surface area contributed by atoms with E-state index in [1.54, 1.807) is 30.3 Å². The Hall–Kier alpha value is -5.74. The van der Waals surface area contributed by atoms with Crippen LogP contribution in [0.4, 0.5) is 5.69 Å². The van der Waals surface area contributed by atoms with Crippen molar-refractivity contribution in [2.75, 3.05) is 26.2 Å². The third kappa shape index (κ3) is 5.40. The van der Waals surface area contributed by atoms with Crippen molar-refractivity contribution < 1.29 is 28.5 Å². The monoisotopic (exact) mass is 550 g/mol. The van der Waals surface area contributed by atoms with Crippen LogP contribution in [0, 0.1) is 22.7 Å². The van der Waals surface area contributed by atoms with Crippen molar-refractivity contribution in [2.24, 2.45) is 5.73 Å². The van der Waals surface area contributed by atoms with Crippen molar-refractivity contribution >= 4 is 17.6 Å². The first-order valence-corrected chi connectivity index (χ1v) is 12.3. The fourth-order valence-corrected chi connectivity index (χ4v) is 4.59. The number of carbonyl (C=O) groups excluding carboxylic acids is 2. The van der Waals surface area contributed by atoms with Crippen LogP contribution in [0.15, 0.2) is 95.5 Å². The molecule has 1 atom stereocenters. The first-order valence-electron chi connectivity index (χ1n) is 12.3. The number of carbonyl (C=O) groups is 2. The summed E-state index contributed by atoms with van der Waals surface area (Å²) in [5, 5.41) is 20.4. The lowest BCUT2D eigenvalue weighted by atomic mass is 9.80. The Bertz CT molecular complexity index is 1620. The van der Waals surface area contributed by atoms with Gasteiger partial charge in [-0.25, -0.2) is 9.59 Å². The van der Waals surface area contributed by atoms with E-state index < -0.39 is 17.9 Å². The zero-order valence-electron chi connectivity index (χ0n) is 22.6. The third-order valence-corrected chi connectivity index (χ3v) is 6.49. The SMILES string of the molecule is COC(=O)C1=C(C(=O)OC)N(c2cc(OCc3ccccc3)c(OC)cc2C#N)C(N)=C(C#N)C1c1ccccc1. The summed E-state index contributed by atoms with van der Waals surface area (Å²) in [5.41, 5.74) is 7.57. The standard InChI is InChI=1S/C31H26N4O6/c1-38-24-14-21(16-32)23(15-25(24)41-18-19-10-6-4-7-11-19)35-28(31(37)40-3)27(30(36)39-2)26(22(17-33)29(35)34)20-12-8-5-9-13-20/h4-15,26H,18,34H2,1-3H3. The van der Waals surface area contributed by atoms with Gasteiger partial charge in [-0.2, -0.15) is 10.5 Å². The third-order valence-electron chi connectivity index (χ3n) is 6.49. The quantitative estimate of drug-likeness (QED) is 0.407. The Morgan fingerprint density at radius 3 is 2.07 bits per heavy atom. The fraction of sp³-hybridized carbons (Fsp3) is 0.161. The number of nitrogens with two attached hydrogens (primary N) is 1. The van der Waals surface area contributed by atoms with Crippen LogP contribution in [0.2, 0.25) is 0 Å². The molecule has 0 spiro atoms. The van der Waals surface area contributed by atoms with Crippen molar-refractivity contribution in [3.63, 3.8) is 0 Å². The normalized spacial score (nSPS) is 14.6. The van der Waals surface area contributed by atoms with Gasteiger partial charge in [0.2, 0.25) is 0 Å². The summed E-state index contributed by atoms with van der Waals surface area (Å²) in [6, 6.07) is 25.1. The Morgan fingerprint density at radius 1 is 0.878 bits per heavy atom. The Morgan fingerprint density at radius 2 is 1.51 bits per heavy atom. The maximum atomic E-state index is 13.4. The molecule has 3 aromatic rings. The van der Waals surface area contributed by atoms with Gasteiger partial charge in [0, 0.05) is 12.1 Å². The summed E-state index contributed by atoms with van der Waals surface area (Å²) < 4.78 is 21.6. The van der Waals surface area contributed by atoms with Crippen LogP contribution in [0.1, 0.15) is 22.6 Å². The van der Waals surface area contributed by atoms with Gasteiger partial charge in [0.25, 0.3) is 0 Å². The molecule has 0 aliphatic carbocycles. The predicted octanol–water partition coefficient (Wildman–Crippen LogP) is 4.04. The molecule has 2 N–H and O–H groups in total. The van der Waals surface area contributed by atoms with E-state index in [0.717, 1.165) is 24.7 Å². The fourth-order valence-electron chi connectivity index (χ4n) is 4.59. The zero-order valence-corrected chi connectivity index (χ0v) is 22.6. The van der Waals surface area contributed by atoms with Crippen LogP contribution in [0.25, 0.3) is 0 Å². The Labute approximate surface area is 237 Å². The van der Waals surface area contributed by atoms with Gasteiger partial charge in [-0.3, -0.25) is 4.90 Å². The first kappa shape index (κ1) is 28.3. The second kappa shape index (κ2) is 12.4. The van der Waals surface area contributed by atoms with E-state index in [2.05, 4.69) is 12.1 Å². The van der Waals surface area contributed by atoms with Gasteiger partial charge in [0.1, 0.15) is 24.2 Å². The van der Waals surface area contributed by atoms with Crippen LogP contribution in [0.5, 0.6) is 11.5 Å². The van der Waals surface area contributed by atoms with E-state index in [4.69, 9.17) is 24.7 Å². The molecule has 1 heterocycles. The minimum atomic E-state index is -1.04. The molecule has 0 amide bonds. The van der Waals surface area contributed by atoms with Crippen molar-refractivity contribution in [1.29, 1.82) is 10.5 Å². The predicted molar refractivity (Wildman–Crippen MR) is 148 cm³/mol. The number of benzene rings is 3. The maximum Gasteiger partial charge on any atom is 0.355 e. The number of methoxy groups -OCH3 is 3. The van der Waals surface area contributed by atoms with Gasteiger partial charge in [-0.1, -0.05) is 60.7 Å².